The van der Waals surface area contributed by atoms with E-state index >= 15 is 0 Å². The van der Waals surface area contributed by atoms with Gasteiger partial charge in [0, 0.05) is 42.7 Å². The van der Waals surface area contributed by atoms with Crippen molar-refractivity contribution in [1.82, 2.24) is 10.4 Å². The lowest BCUT2D eigenvalue weighted by atomic mass is 9.94. The zero-order valence-corrected chi connectivity index (χ0v) is 23.3. The SMILES string of the molecule is CC(C)c1cc(C2=C(c3ccccc3)NN(C(=O)Nc3ccc4c(c3)CC(C)(C)O4)C2)cc2c1OC(C)(C)O2. The Bertz CT molecular complexity index is 1490. The Labute approximate surface area is 229 Å². The molecule has 0 spiro atoms. The van der Waals surface area contributed by atoms with Crippen molar-refractivity contribution in [3.63, 3.8) is 0 Å². The lowest BCUT2D eigenvalue weighted by Crippen LogP contribution is -2.40. The molecule has 0 saturated heterocycles. The van der Waals surface area contributed by atoms with E-state index in [0.29, 0.717) is 6.54 Å². The zero-order chi connectivity index (χ0) is 27.5. The number of anilines is 1. The van der Waals surface area contributed by atoms with Crippen LogP contribution in [0.25, 0.3) is 11.3 Å². The molecule has 7 heteroatoms. The number of amides is 2. The van der Waals surface area contributed by atoms with Crippen LogP contribution in [0.4, 0.5) is 10.5 Å². The molecule has 0 atom stereocenters. The van der Waals surface area contributed by atoms with Crippen LogP contribution in [-0.4, -0.2) is 29.0 Å². The monoisotopic (exact) mass is 525 g/mol. The molecular weight excluding hydrogens is 490 g/mol. The molecule has 0 radical (unpaired) electrons. The van der Waals surface area contributed by atoms with Crippen LogP contribution in [0.15, 0.2) is 60.7 Å². The molecule has 3 aliphatic heterocycles. The van der Waals surface area contributed by atoms with E-state index in [9.17, 15) is 4.79 Å². The molecule has 7 nitrogen and oxygen atoms in total. The highest BCUT2D eigenvalue weighted by molar-refractivity contribution is 5.99. The van der Waals surface area contributed by atoms with Crippen molar-refractivity contribution in [2.75, 3.05) is 11.9 Å². The minimum Gasteiger partial charge on any atom is -0.487 e. The Balaban J connectivity index is 1.32. The van der Waals surface area contributed by atoms with Crippen LogP contribution in [0.5, 0.6) is 17.2 Å². The Kier molecular flexibility index (Phi) is 5.79. The van der Waals surface area contributed by atoms with Gasteiger partial charge in [-0.3, -0.25) is 5.43 Å². The van der Waals surface area contributed by atoms with E-state index in [-0.39, 0.29) is 17.6 Å². The first-order chi connectivity index (χ1) is 18.5. The fraction of sp³-hybridized carbons (Fsp3) is 0.344. The van der Waals surface area contributed by atoms with Crippen molar-refractivity contribution in [3.05, 3.63) is 82.9 Å². The fourth-order valence-corrected chi connectivity index (χ4v) is 5.50. The van der Waals surface area contributed by atoms with Crippen LogP contribution in [-0.2, 0) is 6.42 Å². The molecule has 3 aromatic carbocycles. The summed E-state index contributed by atoms with van der Waals surface area (Å²) in [5.41, 5.74) is 9.97. The van der Waals surface area contributed by atoms with E-state index in [0.717, 1.165) is 62.9 Å². The summed E-state index contributed by atoms with van der Waals surface area (Å²) in [7, 11) is 0. The van der Waals surface area contributed by atoms with Crippen LogP contribution >= 0.6 is 0 Å². The molecule has 0 aromatic heterocycles. The van der Waals surface area contributed by atoms with Crippen molar-refractivity contribution in [2.45, 2.75) is 65.3 Å². The summed E-state index contributed by atoms with van der Waals surface area (Å²) in [4.78, 5) is 13.5. The third kappa shape index (κ3) is 4.78. The second-order valence-electron chi connectivity index (χ2n) is 11.9. The number of hydrazine groups is 1. The van der Waals surface area contributed by atoms with Gasteiger partial charge in [-0.2, -0.15) is 0 Å². The average molecular weight is 526 g/mol. The molecule has 2 amide bonds. The van der Waals surface area contributed by atoms with E-state index in [1.54, 1.807) is 5.01 Å². The Morgan fingerprint density at radius 1 is 0.923 bits per heavy atom. The Morgan fingerprint density at radius 3 is 2.44 bits per heavy atom. The molecule has 2 N–H and O–H groups in total. The molecule has 0 unspecified atom stereocenters. The number of carbonyl (C=O) groups excluding carboxylic acids is 1. The third-order valence-electron chi connectivity index (χ3n) is 7.24. The maximum Gasteiger partial charge on any atom is 0.340 e. The molecule has 39 heavy (non-hydrogen) atoms. The third-order valence-corrected chi connectivity index (χ3v) is 7.24. The van der Waals surface area contributed by atoms with Crippen molar-refractivity contribution >= 4 is 23.0 Å². The highest BCUT2D eigenvalue weighted by atomic mass is 16.7. The summed E-state index contributed by atoms with van der Waals surface area (Å²) in [5, 5.41) is 4.68. The minimum absolute atomic E-state index is 0.234. The van der Waals surface area contributed by atoms with Gasteiger partial charge in [-0.15, -0.1) is 0 Å². The van der Waals surface area contributed by atoms with Gasteiger partial charge in [-0.05, 0) is 61.2 Å². The van der Waals surface area contributed by atoms with Crippen molar-refractivity contribution < 1.29 is 19.0 Å². The Morgan fingerprint density at radius 2 is 1.69 bits per heavy atom. The van der Waals surface area contributed by atoms with Gasteiger partial charge in [0.1, 0.15) is 11.4 Å². The second kappa shape index (κ2) is 8.97. The molecule has 0 bridgehead atoms. The van der Waals surface area contributed by atoms with Crippen LogP contribution in [0.1, 0.15) is 69.7 Å². The molecule has 202 valence electrons. The maximum atomic E-state index is 13.5. The topological polar surface area (TPSA) is 72.1 Å². The van der Waals surface area contributed by atoms with Crippen LogP contribution in [0, 0.1) is 0 Å². The first-order valence-corrected chi connectivity index (χ1v) is 13.5. The lowest BCUT2D eigenvalue weighted by Gasteiger charge is -2.19. The molecule has 3 aliphatic rings. The summed E-state index contributed by atoms with van der Waals surface area (Å²) >= 11 is 0. The Hall–Kier alpha value is -4.13. The largest absolute Gasteiger partial charge is 0.487 e. The fourth-order valence-electron chi connectivity index (χ4n) is 5.50. The average Bonchev–Trinajstić information content (AvgIpc) is 3.54. The van der Waals surface area contributed by atoms with Crippen molar-refractivity contribution in [2.24, 2.45) is 0 Å². The number of rotatable bonds is 4. The van der Waals surface area contributed by atoms with Gasteiger partial charge >= 0.3 is 6.03 Å². The number of hydrogen-bond acceptors (Lipinski definition) is 5. The van der Waals surface area contributed by atoms with Gasteiger partial charge < -0.3 is 19.5 Å². The second-order valence-corrected chi connectivity index (χ2v) is 11.9. The number of nitrogens with one attached hydrogen (secondary N) is 2. The molecule has 0 saturated carbocycles. The van der Waals surface area contributed by atoms with E-state index in [1.165, 1.54) is 0 Å². The van der Waals surface area contributed by atoms with Crippen LogP contribution in [0.2, 0.25) is 0 Å². The predicted octanol–water partition coefficient (Wildman–Crippen LogP) is 6.95. The number of hydrogen-bond donors (Lipinski definition) is 2. The molecule has 3 aromatic rings. The highest BCUT2D eigenvalue weighted by Crippen LogP contribution is 2.47. The first-order valence-electron chi connectivity index (χ1n) is 13.5. The first kappa shape index (κ1) is 25.2. The lowest BCUT2D eigenvalue weighted by molar-refractivity contribution is -0.0435. The van der Waals surface area contributed by atoms with E-state index in [2.05, 4.69) is 44.5 Å². The molecule has 6 rings (SSSR count). The quantitative estimate of drug-likeness (QED) is 0.386. The van der Waals surface area contributed by atoms with Gasteiger partial charge in [0.2, 0.25) is 5.79 Å². The molecule has 0 fully saturated rings. The van der Waals surface area contributed by atoms with Crippen molar-refractivity contribution in [3.8, 4) is 17.2 Å². The van der Waals surface area contributed by atoms with Gasteiger partial charge in [0.15, 0.2) is 11.5 Å². The summed E-state index contributed by atoms with van der Waals surface area (Å²) in [6.07, 6.45) is 0.803. The number of nitrogens with zero attached hydrogens (tertiary/aromatic N) is 1. The number of ether oxygens (including phenoxy) is 3. The van der Waals surface area contributed by atoms with E-state index < -0.39 is 5.79 Å². The number of fused-ring (bicyclic) bond motifs is 2. The van der Waals surface area contributed by atoms with Crippen LogP contribution in [0.3, 0.4) is 0 Å². The molecular formula is C32H35N3O4. The standard InChI is InChI=1S/C32H35N3O4/c1-19(2)24-15-21(16-27-29(24)39-32(5,6)38-27)25-18-35(34-28(25)20-10-8-7-9-11-20)30(36)33-23-12-13-26-22(14-23)17-31(3,4)37-26/h7-16,19,34H,17-18H2,1-6H3,(H,33,36). The van der Waals surface area contributed by atoms with Crippen molar-refractivity contribution in [1.29, 1.82) is 0 Å². The molecule has 3 heterocycles. The maximum absolute atomic E-state index is 13.5. The van der Waals surface area contributed by atoms with Gasteiger partial charge in [0.25, 0.3) is 0 Å². The summed E-state index contributed by atoms with van der Waals surface area (Å²) in [5.74, 6) is 1.91. The number of carbonyl (C=O) groups is 1. The van der Waals surface area contributed by atoms with E-state index in [1.807, 2.05) is 68.4 Å². The summed E-state index contributed by atoms with van der Waals surface area (Å²) in [6, 6.07) is 19.9. The van der Waals surface area contributed by atoms with Gasteiger partial charge in [-0.25, -0.2) is 9.80 Å². The smallest absolute Gasteiger partial charge is 0.340 e. The number of urea groups is 1. The predicted molar refractivity (Wildman–Crippen MR) is 153 cm³/mol. The van der Waals surface area contributed by atoms with Crippen LogP contribution < -0.4 is 25.0 Å². The van der Waals surface area contributed by atoms with Gasteiger partial charge in [-0.1, -0.05) is 44.2 Å². The highest BCUT2D eigenvalue weighted by Gasteiger charge is 2.36. The van der Waals surface area contributed by atoms with E-state index in [4.69, 9.17) is 14.2 Å². The van der Waals surface area contributed by atoms with Gasteiger partial charge in [0.05, 0.1) is 12.2 Å². The summed E-state index contributed by atoms with van der Waals surface area (Å²) < 4.78 is 18.3. The normalized spacial score (nSPS) is 18.2. The summed E-state index contributed by atoms with van der Waals surface area (Å²) in [6.45, 7) is 12.7. The minimum atomic E-state index is -0.725. The number of benzene rings is 3. The molecule has 0 aliphatic carbocycles. The zero-order valence-electron chi connectivity index (χ0n) is 23.3.